The minimum absolute atomic E-state index is 0.161. The second-order valence-corrected chi connectivity index (χ2v) is 7.61. The van der Waals surface area contributed by atoms with E-state index in [4.69, 9.17) is 23.2 Å². The summed E-state index contributed by atoms with van der Waals surface area (Å²) in [6.07, 6.45) is 2.13. The third-order valence-electron chi connectivity index (χ3n) is 4.70. The molecule has 1 atom stereocenters. The van der Waals surface area contributed by atoms with Gasteiger partial charge in [0.1, 0.15) is 5.69 Å². The van der Waals surface area contributed by atoms with Gasteiger partial charge < -0.3 is 10.6 Å². The number of pyridine rings is 1. The summed E-state index contributed by atoms with van der Waals surface area (Å²) < 4.78 is 0. The number of carbonyl (C=O) groups excluding carboxylic acids is 1. The van der Waals surface area contributed by atoms with Crippen LogP contribution in [-0.4, -0.2) is 15.8 Å². The third kappa shape index (κ3) is 5.71. The Morgan fingerprint density at radius 1 is 1.16 bits per heavy atom. The van der Waals surface area contributed by atoms with Crippen molar-refractivity contribution in [2.75, 3.05) is 5.32 Å². The summed E-state index contributed by atoms with van der Waals surface area (Å²) in [7, 11) is 0. The predicted molar refractivity (Wildman–Crippen MR) is 122 cm³/mol. The lowest BCUT2D eigenvalue weighted by Gasteiger charge is -2.17. The lowest BCUT2D eigenvalue weighted by Crippen LogP contribution is -2.28. The van der Waals surface area contributed by atoms with Crippen molar-refractivity contribution in [1.82, 2.24) is 10.3 Å². The quantitative estimate of drug-likeness (QED) is 0.328. The molecule has 3 rings (SSSR count). The van der Waals surface area contributed by atoms with E-state index in [1.54, 1.807) is 12.1 Å². The van der Waals surface area contributed by atoms with Gasteiger partial charge in [0.05, 0.1) is 33.2 Å². The van der Waals surface area contributed by atoms with Gasteiger partial charge in [0, 0.05) is 17.8 Å². The lowest BCUT2D eigenvalue weighted by atomic mass is 10.0. The van der Waals surface area contributed by atoms with Gasteiger partial charge in [0.25, 0.3) is 11.6 Å². The molecule has 0 saturated carbocycles. The lowest BCUT2D eigenvalue weighted by molar-refractivity contribution is -0.384. The predicted octanol–water partition coefficient (Wildman–Crippen LogP) is 5.79. The first-order valence-corrected chi connectivity index (χ1v) is 10.3. The van der Waals surface area contributed by atoms with E-state index < -0.39 is 4.92 Å². The van der Waals surface area contributed by atoms with Crippen LogP contribution < -0.4 is 10.6 Å². The van der Waals surface area contributed by atoms with E-state index in [1.165, 1.54) is 18.3 Å². The second kappa shape index (κ2) is 10.2. The fourth-order valence-electron chi connectivity index (χ4n) is 3.07. The van der Waals surface area contributed by atoms with E-state index in [2.05, 4.69) is 15.6 Å². The fraction of sp³-hybridized carbons (Fsp3) is 0.182. The molecule has 7 nitrogen and oxygen atoms in total. The molecule has 0 aliphatic rings. The summed E-state index contributed by atoms with van der Waals surface area (Å²) in [5, 5.41) is 18.2. The molecule has 0 fully saturated rings. The Hall–Kier alpha value is -3.16. The molecule has 0 spiro atoms. The van der Waals surface area contributed by atoms with Crippen LogP contribution in [0.15, 0.2) is 60.8 Å². The van der Waals surface area contributed by atoms with E-state index in [1.807, 2.05) is 37.3 Å². The summed E-state index contributed by atoms with van der Waals surface area (Å²) in [6.45, 7) is 2.12. The molecular weight excluding hydrogens is 439 g/mol. The van der Waals surface area contributed by atoms with Crippen LogP contribution in [0.25, 0.3) is 0 Å². The van der Waals surface area contributed by atoms with Crippen molar-refractivity contribution < 1.29 is 9.72 Å². The zero-order chi connectivity index (χ0) is 22.4. The summed E-state index contributed by atoms with van der Waals surface area (Å²) in [5.41, 5.74) is 1.71. The van der Waals surface area contributed by atoms with Gasteiger partial charge in [-0.2, -0.15) is 0 Å². The molecule has 0 unspecified atom stereocenters. The highest BCUT2D eigenvalue weighted by Crippen LogP contribution is 2.28. The van der Waals surface area contributed by atoms with Gasteiger partial charge in [-0.15, -0.1) is 0 Å². The molecule has 0 aliphatic heterocycles. The number of anilines is 1. The first kappa shape index (κ1) is 22.5. The van der Waals surface area contributed by atoms with Crippen LogP contribution in [0, 0.1) is 10.1 Å². The number of rotatable bonds is 8. The van der Waals surface area contributed by atoms with E-state index in [9.17, 15) is 14.9 Å². The summed E-state index contributed by atoms with van der Waals surface area (Å²) >= 11 is 11.9. The highest BCUT2D eigenvalue weighted by atomic mass is 35.5. The molecular formula is C22H20Cl2N4O3. The van der Waals surface area contributed by atoms with Crippen molar-refractivity contribution in [1.29, 1.82) is 0 Å². The molecule has 1 amide bonds. The number of benzene rings is 2. The number of nitrogens with one attached hydrogen (secondary N) is 2. The summed E-state index contributed by atoms with van der Waals surface area (Å²) in [4.78, 5) is 27.9. The van der Waals surface area contributed by atoms with Crippen molar-refractivity contribution in [3.05, 3.63) is 97.8 Å². The fourth-order valence-corrected chi connectivity index (χ4v) is 3.52. The van der Waals surface area contributed by atoms with Crippen LogP contribution in [0.5, 0.6) is 0 Å². The Balaban J connectivity index is 1.77. The number of amides is 1. The Kier molecular flexibility index (Phi) is 7.44. The number of hydrogen-bond acceptors (Lipinski definition) is 5. The van der Waals surface area contributed by atoms with Crippen molar-refractivity contribution in [3.8, 4) is 0 Å². The molecule has 1 aromatic heterocycles. The van der Waals surface area contributed by atoms with Crippen LogP contribution in [-0.2, 0) is 6.54 Å². The van der Waals surface area contributed by atoms with Crippen LogP contribution in [0.1, 0.15) is 41.0 Å². The maximum atomic E-state index is 12.7. The van der Waals surface area contributed by atoms with Crippen LogP contribution >= 0.6 is 23.2 Å². The van der Waals surface area contributed by atoms with Gasteiger partial charge in [-0.25, -0.2) is 0 Å². The van der Waals surface area contributed by atoms with Crippen molar-refractivity contribution >= 4 is 40.5 Å². The zero-order valence-electron chi connectivity index (χ0n) is 16.6. The molecule has 1 heterocycles. The number of halogens is 2. The van der Waals surface area contributed by atoms with Gasteiger partial charge in [-0.3, -0.25) is 19.9 Å². The van der Waals surface area contributed by atoms with Crippen molar-refractivity contribution in [3.63, 3.8) is 0 Å². The number of nitro benzene ring substituents is 1. The molecule has 2 aromatic carbocycles. The smallest absolute Gasteiger partial charge is 0.293 e. The highest BCUT2D eigenvalue weighted by molar-refractivity contribution is 6.34. The largest absolute Gasteiger partial charge is 0.374 e. The highest BCUT2D eigenvalue weighted by Gasteiger charge is 2.20. The summed E-state index contributed by atoms with van der Waals surface area (Å²) in [6, 6.07) is 15.2. The van der Waals surface area contributed by atoms with Gasteiger partial charge >= 0.3 is 0 Å². The Morgan fingerprint density at radius 3 is 2.55 bits per heavy atom. The molecule has 0 aliphatic carbocycles. The molecule has 0 bridgehead atoms. The number of carbonyl (C=O) groups is 1. The maximum absolute atomic E-state index is 12.7. The van der Waals surface area contributed by atoms with Crippen molar-refractivity contribution in [2.24, 2.45) is 0 Å². The van der Waals surface area contributed by atoms with Gasteiger partial charge in [0.15, 0.2) is 0 Å². The third-order valence-corrected chi connectivity index (χ3v) is 5.24. The molecule has 3 aromatic rings. The Labute approximate surface area is 189 Å². The maximum Gasteiger partial charge on any atom is 0.293 e. The standard InChI is InChI=1S/C22H20Cl2N4O3/c1-2-18(14-6-4-3-5-7-14)27-22(29)15-8-9-19(21(10-15)28(30)31)26-13-20-17(24)11-16(23)12-25-20/h3-12,18,26H,2,13H2,1H3,(H,27,29)/t18-/m1/s1. The number of nitro groups is 1. The molecule has 31 heavy (non-hydrogen) atoms. The zero-order valence-corrected chi connectivity index (χ0v) is 18.2. The van der Waals surface area contributed by atoms with Gasteiger partial charge in [0.2, 0.25) is 0 Å². The SMILES string of the molecule is CC[C@@H](NC(=O)c1ccc(NCc2ncc(Cl)cc2Cl)c([N+](=O)[O-])c1)c1ccccc1. The normalized spacial score (nSPS) is 11.6. The average molecular weight is 459 g/mol. The van der Waals surface area contributed by atoms with Crippen LogP contribution in [0.3, 0.4) is 0 Å². The number of aromatic nitrogens is 1. The Bertz CT molecular complexity index is 1090. The summed E-state index contributed by atoms with van der Waals surface area (Å²) in [5.74, 6) is -0.382. The first-order chi connectivity index (χ1) is 14.9. The average Bonchev–Trinajstić information content (AvgIpc) is 2.77. The van der Waals surface area contributed by atoms with E-state index in [0.717, 1.165) is 5.56 Å². The molecule has 0 radical (unpaired) electrons. The monoisotopic (exact) mass is 458 g/mol. The Morgan fingerprint density at radius 2 is 1.90 bits per heavy atom. The topological polar surface area (TPSA) is 97.2 Å². The number of hydrogen-bond donors (Lipinski definition) is 2. The van der Waals surface area contributed by atoms with Crippen LogP contribution in [0.2, 0.25) is 10.0 Å². The van der Waals surface area contributed by atoms with Crippen LogP contribution in [0.4, 0.5) is 11.4 Å². The molecule has 2 N–H and O–H groups in total. The molecule has 0 saturated heterocycles. The van der Waals surface area contributed by atoms with Crippen molar-refractivity contribution in [2.45, 2.75) is 25.9 Å². The first-order valence-electron chi connectivity index (χ1n) is 9.57. The van der Waals surface area contributed by atoms with E-state index >= 15 is 0 Å². The second-order valence-electron chi connectivity index (χ2n) is 6.77. The van der Waals surface area contributed by atoms with E-state index in [-0.39, 0.29) is 35.4 Å². The van der Waals surface area contributed by atoms with Gasteiger partial charge in [-0.1, -0.05) is 60.5 Å². The minimum atomic E-state index is -0.537. The van der Waals surface area contributed by atoms with E-state index in [0.29, 0.717) is 22.2 Å². The number of nitrogens with zero attached hydrogens (tertiary/aromatic N) is 2. The van der Waals surface area contributed by atoms with Gasteiger partial charge in [-0.05, 0) is 30.2 Å². The molecule has 160 valence electrons. The molecule has 9 heteroatoms. The minimum Gasteiger partial charge on any atom is -0.374 e.